The van der Waals surface area contributed by atoms with Crippen molar-refractivity contribution in [1.82, 2.24) is 4.90 Å². The number of hydrogen-bond acceptors (Lipinski definition) is 6. The highest BCUT2D eigenvalue weighted by atomic mass is 32.2. The van der Waals surface area contributed by atoms with Gasteiger partial charge in [0.05, 0.1) is 12.7 Å². The quantitative estimate of drug-likeness (QED) is 0.578. The Labute approximate surface area is 182 Å². The number of phenols is 1. The molecule has 0 bridgehead atoms. The lowest BCUT2D eigenvalue weighted by molar-refractivity contribution is -0.0431. The highest BCUT2D eigenvalue weighted by Gasteiger charge is 2.26. The van der Waals surface area contributed by atoms with Gasteiger partial charge in [-0.25, -0.2) is 0 Å². The van der Waals surface area contributed by atoms with E-state index in [2.05, 4.69) is 11.8 Å². The Kier molecular flexibility index (Phi) is 6.27. The zero-order valence-corrected chi connectivity index (χ0v) is 18.0. The van der Waals surface area contributed by atoms with Gasteiger partial charge in [-0.2, -0.15) is 8.42 Å². The summed E-state index contributed by atoms with van der Waals surface area (Å²) in [5.41, 5.74) is 2.10. The van der Waals surface area contributed by atoms with Crippen LogP contribution in [0.3, 0.4) is 0 Å². The standard InChI is InChI=1S/C24H25NO5S/c1-18(19-7-11-21(26)12-8-19)25-15-16-29-24(17-25)20-9-13-22(14-10-20)30-31(27,28)23-5-3-2-4-6-23/h2-14,18,24,26H,15-17H2,1H3/t18?,24-/m1/s1. The van der Waals surface area contributed by atoms with Gasteiger partial charge < -0.3 is 14.0 Å². The number of rotatable bonds is 6. The van der Waals surface area contributed by atoms with Crippen molar-refractivity contribution in [1.29, 1.82) is 0 Å². The first-order chi connectivity index (χ1) is 14.9. The predicted molar refractivity (Wildman–Crippen MR) is 117 cm³/mol. The summed E-state index contributed by atoms with van der Waals surface area (Å²) in [6.45, 7) is 4.27. The van der Waals surface area contributed by atoms with E-state index in [0.29, 0.717) is 13.2 Å². The molecule has 1 saturated heterocycles. The van der Waals surface area contributed by atoms with Gasteiger partial charge in [0.2, 0.25) is 0 Å². The Morgan fingerprint density at radius 3 is 2.35 bits per heavy atom. The molecule has 1 aliphatic rings. The first-order valence-electron chi connectivity index (χ1n) is 10.2. The molecule has 3 aromatic carbocycles. The minimum atomic E-state index is -3.86. The molecular formula is C24H25NO5S. The van der Waals surface area contributed by atoms with Crippen molar-refractivity contribution in [3.8, 4) is 11.5 Å². The van der Waals surface area contributed by atoms with Gasteiger partial charge in [0.25, 0.3) is 0 Å². The van der Waals surface area contributed by atoms with E-state index >= 15 is 0 Å². The van der Waals surface area contributed by atoms with Gasteiger partial charge in [-0.1, -0.05) is 42.5 Å². The Morgan fingerprint density at radius 2 is 1.68 bits per heavy atom. The molecule has 1 fully saturated rings. The summed E-state index contributed by atoms with van der Waals surface area (Å²) in [7, 11) is -3.86. The molecule has 0 amide bonds. The van der Waals surface area contributed by atoms with E-state index in [1.165, 1.54) is 12.1 Å². The maximum Gasteiger partial charge on any atom is 0.339 e. The molecule has 1 N–H and O–H groups in total. The number of phenolic OH excluding ortho intramolecular Hbond substituents is 1. The molecule has 3 aromatic rings. The minimum absolute atomic E-state index is 0.118. The average Bonchev–Trinajstić information content (AvgIpc) is 2.80. The van der Waals surface area contributed by atoms with Crippen LogP contribution in [-0.4, -0.2) is 38.1 Å². The first kappa shape index (κ1) is 21.4. The van der Waals surface area contributed by atoms with Crippen LogP contribution in [0.2, 0.25) is 0 Å². The number of benzene rings is 3. The van der Waals surface area contributed by atoms with E-state index < -0.39 is 10.1 Å². The molecule has 162 valence electrons. The molecule has 0 aromatic heterocycles. The summed E-state index contributed by atoms with van der Waals surface area (Å²) in [6, 6.07) is 22.5. The second kappa shape index (κ2) is 9.09. The molecule has 0 spiro atoms. The van der Waals surface area contributed by atoms with Crippen molar-refractivity contribution in [3.63, 3.8) is 0 Å². The Morgan fingerprint density at radius 1 is 1.00 bits per heavy atom. The van der Waals surface area contributed by atoms with E-state index in [1.54, 1.807) is 42.5 Å². The Bertz CT molecular complexity index is 1100. The number of aromatic hydroxyl groups is 1. The molecule has 1 aliphatic heterocycles. The fourth-order valence-corrected chi connectivity index (χ4v) is 4.64. The van der Waals surface area contributed by atoms with Crippen LogP contribution in [0.4, 0.5) is 0 Å². The molecule has 6 nitrogen and oxygen atoms in total. The zero-order chi connectivity index (χ0) is 21.8. The summed E-state index contributed by atoms with van der Waals surface area (Å²) in [5.74, 6) is 0.519. The van der Waals surface area contributed by atoms with E-state index in [0.717, 1.165) is 17.7 Å². The zero-order valence-electron chi connectivity index (χ0n) is 17.2. The van der Waals surface area contributed by atoms with E-state index in [4.69, 9.17) is 8.92 Å². The number of nitrogens with zero attached hydrogens (tertiary/aromatic N) is 1. The molecule has 2 atom stereocenters. The summed E-state index contributed by atoms with van der Waals surface area (Å²) in [5, 5.41) is 9.52. The van der Waals surface area contributed by atoms with Crippen LogP contribution in [0, 0.1) is 0 Å². The fourth-order valence-electron chi connectivity index (χ4n) is 3.69. The summed E-state index contributed by atoms with van der Waals surface area (Å²) in [4.78, 5) is 2.46. The average molecular weight is 440 g/mol. The number of morpholine rings is 1. The Balaban J connectivity index is 1.43. The SMILES string of the molecule is CC(c1ccc(O)cc1)N1CCO[C@@H](c2ccc(OS(=O)(=O)c3ccccc3)cc2)C1. The molecule has 1 unspecified atom stereocenters. The van der Waals surface area contributed by atoms with Crippen LogP contribution in [0.5, 0.6) is 11.5 Å². The minimum Gasteiger partial charge on any atom is -0.508 e. The van der Waals surface area contributed by atoms with Crippen molar-refractivity contribution in [2.45, 2.75) is 24.0 Å². The molecular weight excluding hydrogens is 414 g/mol. The van der Waals surface area contributed by atoms with E-state index in [9.17, 15) is 13.5 Å². The van der Waals surface area contributed by atoms with Crippen molar-refractivity contribution >= 4 is 10.1 Å². The van der Waals surface area contributed by atoms with Gasteiger partial charge in [0, 0.05) is 19.1 Å². The van der Waals surface area contributed by atoms with Crippen LogP contribution >= 0.6 is 0 Å². The molecule has 0 saturated carbocycles. The smallest absolute Gasteiger partial charge is 0.339 e. The van der Waals surface area contributed by atoms with Crippen molar-refractivity contribution in [3.05, 3.63) is 90.0 Å². The third kappa shape index (κ3) is 5.07. The topological polar surface area (TPSA) is 76.1 Å². The van der Waals surface area contributed by atoms with Gasteiger partial charge in [-0.15, -0.1) is 0 Å². The fraction of sp³-hybridized carbons (Fsp3) is 0.250. The maximum atomic E-state index is 12.4. The normalized spacial score (nSPS) is 18.4. The lowest BCUT2D eigenvalue weighted by Gasteiger charge is -2.37. The second-order valence-electron chi connectivity index (χ2n) is 7.54. The lowest BCUT2D eigenvalue weighted by Crippen LogP contribution is -2.39. The maximum absolute atomic E-state index is 12.4. The number of ether oxygens (including phenoxy) is 1. The third-order valence-electron chi connectivity index (χ3n) is 5.51. The van der Waals surface area contributed by atoms with Crippen molar-refractivity contribution < 1.29 is 22.4 Å². The molecule has 0 aliphatic carbocycles. The molecule has 0 radical (unpaired) electrons. The van der Waals surface area contributed by atoms with Gasteiger partial charge in [-0.05, 0) is 54.4 Å². The predicted octanol–water partition coefficient (Wildman–Crippen LogP) is 4.29. The monoisotopic (exact) mass is 439 g/mol. The van der Waals surface area contributed by atoms with Gasteiger partial charge in [-0.3, -0.25) is 4.90 Å². The van der Waals surface area contributed by atoms with Crippen molar-refractivity contribution in [2.24, 2.45) is 0 Å². The van der Waals surface area contributed by atoms with Crippen LogP contribution < -0.4 is 4.18 Å². The van der Waals surface area contributed by atoms with Crippen LogP contribution in [0.15, 0.2) is 83.8 Å². The first-order valence-corrected chi connectivity index (χ1v) is 11.6. The van der Waals surface area contributed by atoms with Gasteiger partial charge in [0.15, 0.2) is 0 Å². The van der Waals surface area contributed by atoms with Crippen LogP contribution in [-0.2, 0) is 14.9 Å². The largest absolute Gasteiger partial charge is 0.508 e. The number of hydrogen-bond donors (Lipinski definition) is 1. The highest BCUT2D eigenvalue weighted by Crippen LogP contribution is 2.30. The molecule has 7 heteroatoms. The third-order valence-corrected chi connectivity index (χ3v) is 6.77. The van der Waals surface area contributed by atoms with E-state index in [-0.39, 0.29) is 28.5 Å². The molecule has 31 heavy (non-hydrogen) atoms. The van der Waals surface area contributed by atoms with E-state index in [1.807, 2.05) is 24.3 Å². The highest BCUT2D eigenvalue weighted by molar-refractivity contribution is 7.87. The molecule has 4 rings (SSSR count). The Hall–Kier alpha value is -2.87. The lowest BCUT2D eigenvalue weighted by atomic mass is 10.0. The van der Waals surface area contributed by atoms with Gasteiger partial charge >= 0.3 is 10.1 Å². The van der Waals surface area contributed by atoms with Gasteiger partial charge in [0.1, 0.15) is 16.4 Å². The summed E-state index contributed by atoms with van der Waals surface area (Å²) in [6.07, 6.45) is -0.118. The summed E-state index contributed by atoms with van der Waals surface area (Å²) >= 11 is 0. The second-order valence-corrected chi connectivity index (χ2v) is 9.09. The van der Waals surface area contributed by atoms with Crippen LogP contribution in [0.1, 0.15) is 30.2 Å². The van der Waals surface area contributed by atoms with Crippen molar-refractivity contribution in [2.75, 3.05) is 19.7 Å². The summed E-state index contributed by atoms with van der Waals surface area (Å²) < 4.78 is 36.0. The molecule has 1 heterocycles. The van der Waals surface area contributed by atoms with Crippen LogP contribution in [0.25, 0.3) is 0 Å².